The van der Waals surface area contributed by atoms with E-state index in [-0.39, 0.29) is 59.5 Å². The zero-order valence-corrected chi connectivity index (χ0v) is 39.5. The normalized spacial score (nSPS) is 20.7. The fourth-order valence-electron chi connectivity index (χ4n) is 10.5. The molecular weight excluding hydrogens is 840 g/mol. The summed E-state index contributed by atoms with van der Waals surface area (Å²) in [6.07, 6.45) is 4.13. The van der Waals surface area contributed by atoms with E-state index >= 15 is 4.39 Å². The number of ether oxygens (including phenoxy) is 1. The lowest BCUT2D eigenvalue weighted by Crippen LogP contribution is -2.51. The van der Waals surface area contributed by atoms with E-state index < -0.39 is 18.2 Å². The van der Waals surface area contributed by atoms with Crippen LogP contribution in [-0.4, -0.2) is 98.9 Å². The van der Waals surface area contributed by atoms with Gasteiger partial charge < -0.3 is 44.9 Å². The van der Waals surface area contributed by atoms with Gasteiger partial charge in [-0.3, -0.25) is 14.4 Å². The number of nitrogens with zero attached hydrogens (tertiary/aromatic N) is 6. The lowest BCUT2D eigenvalue weighted by atomic mass is 10.0. The number of nitrogens with one attached hydrogen (secondary N) is 4. The van der Waals surface area contributed by atoms with Gasteiger partial charge in [0.1, 0.15) is 29.5 Å². The number of halogens is 1. The predicted octanol–water partition coefficient (Wildman–Crippen LogP) is 8.38. The van der Waals surface area contributed by atoms with Gasteiger partial charge in [0.05, 0.1) is 59.0 Å². The number of imidazole rings is 2. The van der Waals surface area contributed by atoms with Crippen LogP contribution in [0.25, 0.3) is 22.1 Å². The molecule has 15 nitrogen and oxygen atoms in total. The van der Waals surface area contributed by atoms with Crippen LogP contribution in [0.4, 0.5) is 20.6 Å². The first-order valence-corrected chi connectivity index (χ1v) is 23.8. The molecule has 66 heavy (non-hydrogen) atoms. The van der Waals surface area contributed by atoms with Crippen LogP contribution in [0.3, 0.4) is 0 Å². The summed E-state index contributed by atoms with van der Waals surface area (Å²) >= 11 is 0. The topological polar surface area (TPSA) is 172 Å². The van der Waals surface area contributed by atoms with Crippen molar-refractivity contribution in [3.8, 4) is 0 Å². The molecule has 3 aliphatic heterocycles. The van der Waals surface area contributed by atoms with Crippen LogP contribution in [0.5, 0.6) is 0 Å². The molecule has 0 bridgehead atoms. The summed E-state index contributed by atoms with van der Waals surface area (Å²) in [7, 11) is 1.29. The van der Waals surface area contributed by atoms with Gasteiger partial charge >= 0.3 is 6.09 Å². The summed E-state index contributed by atoms with van der Waals surface area (Å²) < 4.78 is 21.0. The van der Waals surface area contributed by atoms with Crippen molar-refractivity contribution in [1.82, 2.24) is 40.4 Å². The Morgan fingerprint density at radius 2 is 1.23 bits per heavy atom. The first kappa shape index (κ1) is 46.3. The van der Waals surface area contributed by atoms with Crippen molar-refractivity contribution < 1.29 is 28.3 Å². The Bertz CT molecular complexity index is 2590. The molecule has 4 amide bonds. The van der Waals surface area contributed by atoms with E-state index in [4.69, 9.17) is 14.7 Å². The number of alkyl carbamates (subject to hydrolysis) is 1. The highest BCUT2D eigenvalue weighted by Gasteiger charge is 2.40. The number of amides is 4. The maximum absolute atomic E-state index is 16.2. The van der Waals surface area contributed by atoms with Gasteiger partial charge in [-0.15, -0.1) is 0 Å². The lowest BCUT2D eigenvalue weighted by molar-refractivity contribution is -0.138. The Morgan fingerprint density at radius 3 is 1.67 bits per heavy atom. The predicted molar refractivity (Wildman–Crippen MR) is 253 cm³/mol. The van der Waals surface area contributed by atoms with Crippen LogP contribution in [0.2, 0.25) is 0 Å². The zero-order valence-electron chi connectivity index (χ0n) is 39.5. The molecule has 0 aliphatic carbocycles. The van der Waals surface area contributed by atoms with Crippen molar-refractivity contribution in [3.05, 3.63) is 83.2 Å². The van der Waals surface area contributed by atoms with Gasteiger partial charge in [-0.2, -0.15) is 0 Å². The van der Waals surface area contributed by atoms with E-state index in [2.05, 4.69) is 49.8 Å². The highest BCUT2D eigenvalue weighted by molar-refractivity contribution is 5.88. The molecule has 3 saturated heterocycles. The van der Waals surface area contributed by atoms with Gasteiger partial charge in [0.25, 0.3) is 0 Å². The van der Waals surface area contributed by atoms with Crippen molar-refractivity contribution in [2.75, 3.05) is 43.1 Å². The fourth-order valence-corrected chi connectivity index (χ4v) is 10.5. The number of carbonyl (C=O) groups is 4. The van der Waals surface area contributed by atoms with Gasteiger partial charge in [0, 0.05) is 38.8 Å². The number of hydrogen-bond donors (Lipinski definition) is 4. The molecule has 0 saturated carbocycles. The molecule has 3 aromatic carbocycles. The SMILES string of the molecule is CCN(CC)c1ccc(N2[C@@H](c3ccc4nc([C@@H]5CCCN5C(=O)[C@@H](NC(C)=O)C(C)C)[nH]c4c3)CC[C@@H]2c2ccc3nc([C@@H]4CCCN4C(=O)[C@@H](NC(=O)OC)C(C)C)[nH]c3c2)cc1F. The third kappa shape index (κ3) is 9.02. The van der Waals surface area contributed by atoms with Crippen molar-refractivity contribution in [2.24, 2.45) is 11.8 Å². The minimum Gasteiger partial charge on any atom is -0.453 e. The highest BCUT2D eigenvalue weighted by atomic mass is 19.1. The first-order valence-electron chi connectivity index (χ1n) is 23.8. The molecule has 3 fully saturated rings. The van der Waals surface area contributed by atoms with Crippen LogP contribution in [-0.2, 0) is 19.1 Å². The number of rotatable bonds is 14. The maximum Gasteiger partial charge on any atom is 0.407 e. The summed E-state index contributed by atoms with van der Waals surface area (Å²) in [6, 6.07) is 16.1. The zero-order chi connectivity index (χ0) is 47.0. The Hall–Kier alpha value is -6.19. The van der Waals surface area contributed by atoms with Crippen LogP contribution in [0, 0.1) is 17.7 Å². The number of anilines is 2. The maximum atomic E-state index is 16.2. The molecule has 352 valence electrons. The molecule has 0 unspecified atom stereocenters. The van der Waals surface area contributed by atoms with E-state index in [0.717, 1.165) is 83.2 Å². The van der Waals surface area contributed by atoms with E-state index in [0.29, 0.717) is 37.7 Å². The van der Waals surface area contributed by atoms with Crippen molar-refractivity contribution in [3.63, 3.8) is 0 Å². The van der Waals surface area contributed by atoms with Crippen LogP contribution in [0.1, 0.15) is 134 Å². The molecule has 5 aromatic rings. The summed E-state index contributed by atoms with van der Waals surface area (Å²) in [6.45, 7) is 15.7. The quantitative estimate of drug-likeness (QED) is 0.0855. The van der Waals surface area contributed by atoms with Crippen molar-refractivity contribution in [1.29, 1.82) is 0 Å². The average molecular weight is 905 g/mol. The Labute approximate surface area is 386 Å². The lowest BCUT2D eigenvalue weighted by Gasteiger charge is -2.34. The average Bonchev–Trinajstić information content (AvgIpc) is 4.15. The third-order valence-corrected chi connectivity index (χ3v) is 13.9. The second kappa shape index (κ2) is 19.3. The summed E-state index contributed by atoms with van der Waals surface area (Å²) in [5.41, 5.74) is 6.78. The number of fused-ring (bicyclic) bond motifs is 2. The number of hydrogen-bond acceptors (Lipinski definition) is 9. The third-order valence-electron chi connectivity index (χ3n) is 13.9. The van der Waals surface area contributed by atoms with Gasteiger partial charge in [0.2, 0.25) is 17.7 Å². The molecule has 0 radical (unpaired) electrons. The Balaban J connectivity index is 1.11. The molecule has 6 atom stereocenters. The van der Waals surface area contributed by atoms with Crippen molar-refractivity contribution >= 4 is 57.3 Å². The van der Waals surface area contributed by atoms with Gasteiger partial charge in [-0.1, -0.05) is 39.8 Å². The minimum absolute atomic E-state index is 0.0677. The van der Waals surface area contributed by atoms with Crippen LogP contribution < -0.4 is 20.4 Å². The van der Waals surface area contributed by atoms with E-state index in [1.165, 1.54) is 14.0 Å². The van der Waals surface area contributed by atoms with E-state index in [1.54, 1.807) is 6.07 Å². The smallest absolute Gasteiger partial charge is 0.407 e. The Kier molecular flexibility index (Phi) is 13.6. The molecule has 4 N–H and O–H groups in total. The van der Waals surface area contributed by atoms with Gasteiger partial charge in [-0.05, 0) is 118 Å². The number of aromatic nitrogens is 4. The highest BCUT2D eigenvalue weighted by Crippen LogP contribution is 2.48. The molecule has 2 aromatic heterocycles. The monoisotopic (exact) mass is 905 g/mol. The summed E-state index contributed by atoms with van der Waals surface area (Å²) in [5, 5.41) is 5.59. The number of likely N-dealkylation sites (tertiary alicyclic amines) is 2. The second-order valence-corrected chi connectivity index (χ2v) is 18.8. The number of methoxy groups -OCH3 is 1. The molecular formula is C50H65FN10O5. The molecule has 0 spiro atoms. The van der Waals surface area contributed by atoms with Gasteiger partial charge in [0.15, 0.2) is 0 Å². The van der Waals surface area contributed by atoms with E-state index in [9.17, 15) is 19.2 Å². The standard InChI is InChI=1S/C50H65FN10O5/c1-9-58(10-2)41-20-17-33(27-34(41)51)61-39(31-15-18-35-37(25-31)55-46(53-35)42-13-11-23-59(42)48(63)44(28(3)4)52-30(7)62)21-22-40(61)32-16-19-36-38(26-32)56-47(54-36)43-14-12-24-60(43)49(64)45(29(5)6)57-50(65)66-8/h15-20,25-29,39-40,42-45H,9-14,21-24H2,1-8H3,(H,52,62)(H,53,55)(H,54,56)(H,57,65)/t39-,40-,42+,43+,44+,45+/m1/s1. The number of H-pyrrole nitrogens is 2. The first-order chi connectivity index (χ1) is 31.7. The number of carbonyl (C=O) groups excluding carboxylic acids is 4. The largest absolute Gasteiger partial charge is 0.453 e. The summed E-state index contributed by atoms with van der Waals surface area (Å²) in [5.74, 6) is 0.457. The van der Waals surface area contributed by atoms with Crippen molar-refractivity contribution in [2.45, 2.75) is 123 Å². The van der Waals surface area contributed by atoms with Gasteiger partial charge in [-0.25, -0.2) is 19.2 Å². The van der Waals surface area contributed by atoms with Crippen LogP contribution in [0.15, 0.2) is 54.6 Å². The minimum atomic E-state index is -0.731. The number of aromatic amines is 2. The molecule has 8 rings (SSSR count). The second-order valence-electron chi connectivity index (χ2n) is 18.8. The Morgan fingerprint density at radius 1 is 0.727 bits per heavy atom. The van der Waals surface area contributed by atoms with E-state index in [1.807, 2.05) is 80.5 Å². The van der Waals surface area contributed by atoms with Crippen LogP contribution >= 0.6 is 0 Å². The molecule has 16 heteroatoms. The molecule has 5 heterocycles. The number of benzene rings is 3. The summed E-state index contributed by atoms with van der Waals surface area (Å²) in [4.78, 5) is 77.1. The fraction of sp³-hybridized carbons (Fsp3) is 0.520. The molecule has 3 aliphatic rings.